The molecular weight excluding hydrogens is 296 g/mol. The summed E-state index contributed by atoms with van der Waals surface area (Å²) < 4.78 is 30.2. The van der Waals surface area contributed by atoms with E-state index in [9.17, 15) is 18.5 Å². The third-order valence-corrected chi connectivity index (χ3v) is 4.59. The molecule has 8 heteroatoms. The molecule has 0 atom stereocenters. The monoisotopic (exact) mass is 308 g/mol. The van der Waals surface area contributed by atoms with Crippen LogP contribution in [-0.2, 0) is 9.84 Å². The first-order valence-electron chi connectivity index (χ1n) is 5.79. The minimum absolute atomic E-state index is 0.121. The average molecular weight is 308 g/mol. The van der Waals surface area contributed by atoms with Gasteiger partial charge in [-0.05, 0) is 24.3 Å². The van der Waals surface area contributed by atoms with Crippen molar-refractivity contribution in [2.45, 2.75) is 9.79 Å². The molecule has 0 aliphatic heterocycles. The summed E-state index contributed by atoms with van der Waals surface area (Å²) in [6.45, 7) is 0. The van der Waals surface area contributed by atoms with E-state index in [2.05, 4.69) is 0 Å². The first kappa shape index (κ1) is 14.8. The molecule has 0 saturated carbocycles. The molecule has 0 radical (unpaired) electrons. The number of hydrogen-bond donors (Lipinski definition) is 1. The second kappa shape index (κ2) is 5.41. The number of methoxy groups -OCH3 is 1. The molecule has 0 fully saturated rings. The predicted molar refractivity (Wildman–Crippen MR) is 76.0 cm³/mol. The minimum Gasteiger partial charge on any atom is -0.495 e. The summed E-state index contributed by atoms with van der Waals surface area (Å²) in [5, 5.41) is 10.8. The number of nitro benzene ring substituents is 1. The Labute approximate surface area is 121 Å². The molecule has 2 aromatic carbocycles. The molecule has 0 saturated heterocycles. The minimum atomic E-state index is -3.97. The second-order valence-corrected chi connectivity index (χ2v) is 6.09. The SMILES string of the molecule is COc1ccc(N)cc1S(=O)(=O)c1cccc([N+](=O)[O-])c1. The van der Waals surface area contributed by atoms with Gasteiger partial charge < -0.3 is 10.5 Å². The lowest BCUT2D eigenvalue weighted by molar-refractivity contribution is -0.385. The van der Waals surface area contributed by atoms with Crippen molar-refractivity contribution in [3.63, 3.8) is 0 Å². The van der Waals surface area contributed by atoms with Gasteiger partial charge in [0.25, 0.3) is 5.69 Å². The Kier molecular flexibility index (Phi) is 3.81. The summed E-state index contributed by atoms with van der Waals surface area (Å²) in [5.74, 6) is 0.121. The molecule has 2 N–H and O–H groups in total. The Hall–Kier alpha value is -2.61. The van der Waals surface area contributed by atoms with Crippen LogP contribution < -0.4 is 10.5 Å². The van der Waals surface area contributed by atoms with E-state index in [1.807, 2.05) is 0 Å². The third kappa shape index (κ3) is 2.79. The van der Waals surface area contributed by atoms with Crippen LogP contribution in [0.3, 0.4) is 0 Å². The van der Waals surface area contributed by atoms with Crippen molar-refractivity contribution in [3.05, 3.63) is 52.6 Å². The smallest absolute Gasteiger partial charge is 0.270 e. The maximum absolute atomic E-state index is 12.6. The predicted octanol–water partition coefficient (Wildman–Crippen LogP) is 2.02. The second-order valence-electron chi connectivity index (χ2n) is 4.17. The quantitative estimate of drug-likeness (QED) is 0.525. The number of benzene rings is 2. The zero-order valence-electron chi connectivity index (χ0n) is 11.0. The zero-order chi connectivity index (χ0) is 15.6. The summed E-state index contributed by atoms with van der Waals surface area (Å²) in [6, 6.07) is 9.00. The molecule has 2 aromatic rings. The number of anilines is 1. The van der Waals surface area contributed by atoms with Crippen LogP contribution in [0.25, 0.3) is 0 Å². The van der Waals surface area contributed by atoms with Gasteiger partial charge in [-0.3, -0.25) is 10.1 Å². The topological polar surface area (TPSA) is 113 Å². The van der Waals surface area contributed by atoms with Crippen LogP contribution in [0.1, 0.15) is 0 Å². The van der Waals surface area contributed by atoms with Gasteiger partial charge in [0.2, 0.25) is 9.84 Å². The molecule has 0 bridgehead atoms. The highest BCUT2D eigenvalue weighted by molar-refractivity contribution is 7.91. The summed E-state index contributed by atoms with van der Waals surface area (Å²) in [6.07, 6.45) is 0. The fraction of sp³-hybridized carbons (Fsp3) is 0.0769. The van der Waals surface area contributed by atoms with Gasteiger partial charge in [-0.25, -0.2) is 8.42 Å². The molecule has 0 heterocycles. The highest BCUT2D eigenvalue weighted by atomic mass is 32.2. The molecule has 0 amide bonds. The zero-order valence-corrected chi connectivity index (χ0v) is 11.8. The number of hydrogen-bond acceptors (Lipinski definition) is 6. The van der Waals surface area contributed by atoms with E-state index in [-0.39, 0.29) is 26.9 Å². The van der Waals surface area contributed by atoms with Crippen LogP contribution in [0, 0.1) is 10.1 Å². The maximum Gasteiger partial charge on any atom is 0.270 e. The van der Waals surface area contributed by atoms with Gasteiger partial charge in [0.1, 0.15) is 10.6 Å². The van der Waals surface area contributed by atoms with E-state index in [1.54, 1.807) is 0 Å². The fourth-order valence-corrected chi connectivity index (χ4v) is 3.29. The Bertz CT molecular complexity index is 802. The van der Waals surface area contributed by atoms with E-state index in [4.69, 9.17) is 10.5 Å². The van der Waals surface area contributed by atoms with Gasteiger partial charge in [0.05, 0.1) is 16.9 Å². The van der Waals surface area contributed by atoms with Gasteiger partial charge >= 0.3 is 0 Å². The Morgan fingerprint density at radius 1 is 1.19 bits per heavy atom. The number of non-ortho nitro benzene ring substituents is 1. The highest BCUT2D eigenvalue weighted by Crippen LogP contribution is 2.32. The molecule has 0 unspecified atom stereocenters. The van der Waals surface area contributed by atoms with Crippen LogP contribution in [-0.4, -0.2) is 20.5 Å². The van der Waals surface area contributed by atoms with Gasteiger partial charge in [0, 0.05) is 17.8 Å². The molecule has 110 valence electrons. The number of nitrogens with two attached hydrogens (primary N) is 1. The molecule has 2 rings (SSSR count). The third-order valence-electron chi connectivity index (χ3n) is 2.82. The van der Waals surface area contributed by atoms with Crippen molar-refractivity contribution in [2.75, 3.05) is 12.8 Å². The van der Waals surface area contributed by atoms with Crippen molar-refractivity contribution >= 4 is 21.2 Å². The van der Waals surface area contributed by atoms with Crippen LogP contribution in [0.4, 0.5) is 11.4 Å². The van der Waals surface area contributed by atoms with Crippen molar-refractivity contribution in [1.29, 1.82) is 0 Å². The standard InChI is InChI=1S/C13H12N2O5S/c1-20-12-6-5-9(14)7-13(12)21(18,19)11-4-2-3-10(8-11)15(16)17/h2-8H,14H2,1H3. The number of nitrogen functional groups attached to an aromatic ring is 1. The average Bonchev–Trinajstić information content (AvgIpc) is 2.47. The van der Waals surface area contributed by atoms with E-state index in [0.29, 0.717) is 0 Å². The van der Waals surface area contributed by atoms with E-state index < -0.39 is 14.8 Å². The maximum atomic E-state index is 12.6. The summed E-state index contributed by atoms with van der Waals surface area (Å²) in [7, 11) is -2.64. The lowest BCUT2D eigenvalue weighted by Gasteiger charge is -2.10. The van der Waals surface area contributed by atoms with Crippen molar-refractivity contribution in [3.8, 4) is 5.75 Å². The van der Waals surface area contributed by atoms with Crippen LogP contribution in [0.15, 0.2) is 52.3 Å². The van der Waals surface area contributed by atoms with E-state index in [0.717, 1.165) is 6.07 Å². The van der Waals surface area contributed by atoms with Crippen molar-refractivity contribution < 1.29 is 18.1 Å². The van der Waals surface area contributed by atoms with Crippen LogP contribution in [0.5, 0.6) is 5.75 Å². The Balaban J connectivity index is 2.65. The Morgan fingerprint density at radius 2 is 1.90 bits per heavy atom. The molecular formula is C13H12N2O5S. The fourth-order valence-electron chi connectivity index (χ4n) is 1.79. The number of sulfone groups is 1. The summed E-state index contributed by atoms with van der Waals surface area (Å²) in [4.78, 5) is 9.78. The normalized spacial score (nSPS) is 11.1. The lowest BCUT2D eigenvalue weighted by atomic mass is 10.3. The molecule has 7 nitrogen and oxygen atoms in total. The first-order chi connectivity index (χ1) is 9.86. The largest absolute Gasteiger partial charge is 0.495 e. The number of nitrogens with zero attached hydrogens (tertiary/aromatic N) is 1. The number of nitro groups is 1. The number of ether oxygens (including phenoxy) is 1. The number of rotatable bonds is 4. The van der Waals surface area contributed by atoms with Crippen LogP contribution >= 0.6 is 0 Å². The summed E-state index contributed by atoms with van der Waals surface area (Å²) in [5.41, 5.74) is 5.55. The first-order valence-corrected chi connectivity index (χ1v) is 7.27. The molecule has 0 aliphatic carbocycles. The molecule has 21 heavy (non-hydrogen) atoms. The van der Waals surface area contributed by atoms with Gasteiger partial charge in [-0.1, -0.05) is 6.07 Å². The molecule has 0 aliphatic rings. The van der Waals surface area contributed by atoms with Gasteiger partial charge in [0.15, 0.2) is 0 Å². The highest BCUT2D eigenvalue weighted by Gasteiger charge is 2.24. The van der Waals surface area contributed by atoms with Crippen molar-refractivity contribution in [1.82, 2.24) is 0 Å². The Morgan fingerprint density at radius 3 is 2.52 bits per heavy atom. The van der Waals surface area contributed by atoms with E-state index >= 15 is 0 Å². The van der Waals surface area contributed by atoms with Crippen LogP contribution in [0.2, 0.25) is 0 Å². The molecule has 0 spiro atoms. The van der Waals surface area contributed by atoms with Gasteiger partial charge in [-0.2, -0.15) is 0 Å². The lowest BCUT2D eigenvalue weighted by Crippen LogP contribution is -2.05. The summed E-state index contributed by atoms with van der Waals surface area (Å²) >= 11 is 0. The van der Waals surface area contributed by atoms with E-state index in [1.165, 1.54) is 43.5 Å². The molecule has 0 aromatic heterocycles. The van der Waals surface area contributed by atoms with Gasteiger partial charge in [-0.15, -0.1) is 0 Å². The van der Waals surface area contributed by atoms with Crippen molar-refractivity contribution in [2.24, 2.45) is 0 Å².